The van der Waals surface area contributed by atoms with Gasteiger partial charge in [-0.1, -0.05) is 24.3 Å². The van der Waals surface area contributed by atoms with Gasteiger partial charge in [-0.2, -0.15) is 0 Å². The molecule has 1 aromatic carbocycles. The highest BCUT2D eigenvalue weighted by molar-refractivity contribution is 7.17. The average Bonchev–Trinajstić information content (AvgIpc) is 3.20. The Morgan fingerprint density at radius 2 is 1.97 bits per heavy atom. The number of carbonyl (C=O) groups is 1. The number of nitrogen functional groups attached to an aromatic ring is 1. The first-order valence-electron chi connectivity index (χ1n) is 10.3. The Hall–Kier alpha value is -3.10. The van der Waals surface area contributed by atoms with Crippen LogP contribution < -0.4 is 11.1 Å². The Labute approximate surface area is 185 Å². The van der Waals surface area contributed by atoms with Crippen molar-refractivity contribution in [2.24, 2.45) is 0 Å². The number of rotatable bonds is 4. The lowest BCUT2D eigenvalue weighted by Crippen LogP contribution is -2.55. The number of aryl methyl sites for hydroxylation is 1. The maximum atomic E-state index is 13.5. The van der Waals surface area contributed by atoms with Gasteiger partial charge in [0.25, 0.3) is 5.91 Å². The van der Waals surface area contributed by atoms with Crippen LogP contribution in [-0.2, 0) is 0 Å². The van der Waals surface area contributed by atoms with Gasteiger partial charge >= 0.3 is 0 Å². The van der Waals surface area contributed by atoms with Gasteiger partial charge in [-0.25, -0.2) is 4.98 Å². The molecule has 0 radical (unpaired) electrons. The summed E-state index contributed by atoms with van der Waals surface area (Å²) < 4.78 is 0. The SMILES string of the molecule is Cc1cccc(C(=N)c2nc(C(=O)N3CC(C)NC(C)C3)c(-c3cccnc3)s2)c1N. The molecule has 31 heavy (non-hydrogen) atoms. The Morgan fingerprint density at radius 3 is 2.65 bits per heavy atom. The third-order valence-electron chi connectivity index (χ3n) is 5.41. The van der Waals surface area contributed by atoms with Crippen molar-refractivity contribution in [1.82, 2.24) is 20.2 Å². The summed E-state index contributed by atoms with van der Waals surface area (Å²) in [6, 6.07) is 9.77. The van der Waals surface area contributed by atoms with Gasteiger partial charge in [0.05, 0.1) is 10.6 Å². The monoisotopic (exact) mass is 434 g/mol. The number of aromatic nitrogens is 2. The zero-order valence-electron chi connectivity index (χ0n) is 17.8. The Balaban J connectivity index is 1.77. The number of hydrogen-bond donors (Lipinski definition) is 3. The van der Waals surface area contributed by atoms with E-state index in [-0.39, 0.29) is 23.7 Å². The molecule has 2 atom stereocenters. The molecule has 1 aliphatic rings. The number of nitrogens with one attached hydrogen (secondary N) is 2. The number of carbonyl (C=O) groups excluding carboxylic acids is 1. The maximum absolute atomic E-state index is 13.5. The first-order valence-corrected chi connectivity index (χ1v) is 11.1. The molecule has 2 aromatic heterocycles. The largest absolute Gasteiger partial charge is 0.398 e. The first-order chi connectivity index (χ1) is 14.8. The van der Waals surface area contributed by atoms with Crippen molar-refractivity contribution >= 4 is 28.6 Å². The van der Waals surface area contributed by atoms with E-state index in [0.717, 1.165) is 16.0 Å². The predicted octanol–water partition coefficient (Wildman–Crippen LogP) is 3.33. The van der Waals surface area contributed by atoms with E-state index in [4.69, 9.17) is 11.1 Å². The number of anilines is 1. The zero-order valence-corrected chi connectivity index (χ0v) is 18.7. The minimum absolute atomic E-state index is 0.119. The van der Waals surface area contributed by atoms with Gasteiger partial charge in [0.1, 0.15) is 10.7 Å². The van der Waals surface area contributed by atoms with Crippen molar-refractivity contribution in [1.29, 1.82) is 5.41 Å². The molecule has 1 aliphatic heterocycles. The molecular formula is C23H26N6OS. The number of amides is 1. The molecule has 8 heteroatoms. The van der Waals surface area contributed by atoms with Crippen molar-refractivity contribution in [2.75, 3.05) is 18.8 Å². The number of pyridine rings is 1. The van der Waals surface area contributed by atoms with Crippen molar-refractivity contribution in [3.63, 3.8) is 0 Å². The molecule has 0 saturated carbocycles. The van der Waals surface area contributed by atoms with Crippen molar-refractivity contribution < 1.29 is 4.79 Å². The molecule has 0 bridgehead atoms. The highest BCUT2D eigenvalue weighted by Crippen LogP contribution is 2.33. The molecule has 3 aromatic rings. The number of benzene rings is 1. The third-order valence-corrected chi connectivity index (χ3v) is 6.53. The Bertz CT molecular complexity index is 1120. The highest BCUT2D eigenvalue weighted by Gasteiger charge is 2.30. The number of thiazole rings is 1. The minimum Gasteiger partial charge on any atom is -0.398 e. The van der Waals surface area contributed by atoms with E-state index in [9.17, 15) is 4.79 Å². The first kappa shape index (κ1) is 21.1. The zero-order chi connectivity index (χ0) is 22.1. The lowest BCUT2D eigenvalue weighted by Gasteiger charge is -2.35. The fourth-order valence-corrected chi connectivity index (χ4v) is 4.93. The quantitative estimate of drug-likeness (QED) is 0.431. The Morgan fingerprint density at radius 1 is 1.23 bits per heavy atom. The minimum atomic E-state index is -0.119. The Kier molecular flexibility index (Phi) is 5.84. The highest BCUT2D eigenvalue weighted by atomic mass is 32.1. The topological polar surface area (TPSA) is 108 Å². The van der Waals surface area contributed by atoms with Gasteiger partial charge in [-0.15, -0.1) is 11.3 Å². The number of para-hydroxylation sites is 1. The normalized spacial score (nSPS) is 18.7. The fourth-order valence-electron chi connectivity index (χ4n) is 3.92. The van der Waals surface area contributed by atoms with Gasteiger partial charge in [0.2, 0.25) is 0 Å². The molecular weight excluding hydrogens is 408 g/mol. The fraction of sp³-hybridized carbons (Fsp3) is 0.304. The van der Waals surface area contributed by atoms with E-state index in [0.29, 0.717) is 35.0 Å². The molecule has 160 valence electrons. The summed E-state index contributed by atoms with van der Waals surface area (Å²) in [4.78, 5) is 24.9. The second-order valence-corrected chi connectivity index (χ2v) is 9.03. The molecule has 0 spiro atoms. The van der Waals surface area contributed by atoms with E-state index in [2.05, 4.69) is 29.1 Å². The van der Waals surface area contributed by atoms with E-state index < -0.39 is 0 Å². The van der Waals surface area contributed by atoms with Gasteiger partial charge in [-0.3, -0.25) is 15.2 Å². The summed E-state index contributed by atoms with van der Waals surface area (Å²) in [6.45, 7) is 7.29. The van der Waals surface area contributed by atoms with Gasteiger partial charge < -0.3 is 16.0 Å². The number of piperazine rings is 1. The van der Waals surface area contributed by atoms with E-state index in [1.807, 2.05) is 42.2 Å². The summed E-state index contributed by atoms with van der Waals surface area (Å²) in [7, 11) is 0. The smallest absolute Gasteiger partial charge is 0.274 e. The van der Waals surface area contributed by atoms with Crippen LogP contribution in [-0.4, -0.2) is 51.7 Å². The van der Waals surface area contributed by atoms with Crippen LogP contribution in [0.1, 0.15) is 40.5 Å². The van der Waals surface area contributed by atoms with Gasteiger partial charge in [0, 0.05) is 54.4 Å². The van der Waals surface area contributed by atoms with Crippen LogP contribution in [0.5, 0.6) is 0 Å². The van der Waals surface area contributed by atoms with E-state index in [1.54, 1.807) is 12.4 Å². The summed E-state index contributed by atoms with van der Waals surface area (Å²) in [5.41, 5.74) is 9.72. The molecule has 4 rings (SSSR count). The number of hydrogen-bond acceptors (Lipinski definition) is 7. The van der Waals surface area contributed by atoms with E-state index in [1.165, 1.54) is 11.3 Å². The van der Waals surface area contributed by atoms with E-state index >= 15 is 0 Å². The van der Waals surface area contributed by atoms with Crippen molar-refractivity contribution in [3.8, 4) is 10.4 Å². The van der Waals surface area contributed by atoms with Crippen molar-refractivity contribution in [2.45, 2.75) is 32.9 Å². The maximum Gasteiger partial charge on any atom is 0.274 e. The molecule has 1 fully saturated rings. The second kappa shape index (κ2) is 8.56. The standard InChI is InChI=1S/C23H26N6OS/c1-13-6-4-8-17(18(13)24)19(25)22-28-20(21(31-22)16-7-5-9-26-10-16)23(30)29-11-14(2)27-15(3)12-29/h4-10,14-15,25,27H,11-12,24H2,1-3H3. The molecule has 3 heterocycles. The van der Waals surface area contributed by atoms with Crippen LogP contribution in [0.15, 0.2) is 42.7 Å². The molecule has 7 nitrogen and oxygen atoms in total. The lowest BCUT2D eigenvalue weighted by atomic mass is 10.0. The molecule has 1 amide bonds. The summed E-state index contributed by atoms with van der Waals surface area (Å²) in [5, 5.41) is 12.7. The summed E-state index contributed by atoms with van der Waals surface area (Å²) >= 11 is 1.33. The van der Waals surface area contributed by atoms with Gasteiger partial charge in [-0.05, 0) is 32.4 Å². The third kappa shape index (κ3) is 4.22. The number of nitrogens with two attached hydrogens (primary N) is 1. The van der Waals surface area contributed by atoms with Crippen LogP contribution in [0.2, 0.25) is 0 Å². The van der Waals surface area contributed by atoms with Crippen LogP contribution in [0.3, 0.4) is 0 Å². The van der Waals surface area contributed by atoms with Crippen LogP contribution >= 0.6 is 11.3 Å². The summed E-state index contributed by atoms with van der Waals surface area (Å²) in [5.74, 6) is -0.119. The van der Waals surface area contributed by atoms with Crippen molar-refractivity contribution in [3.05, 3.63) is 64.6 Å². The molecule has 2 unspecified atom stereocenters. The number of nitrogens with zero attached hydrogens (tertiary/aromatic N) is 3. The average molecular weight is 435 g/mol. The lowest BCUT2D eigenvalue weighted by molar-refractivity contribution is 0.0669. The van der Waals surface area contributed by atoms with Crippen LogP contribution in [0.4, 0.5) is 5.69 Å². The molecule has 1 saturated heterocycles. The van der Waals surface area contributed by atoms with Crippen LogP contribution in [0, 0.1) is 12.3 Å². The molecule has 0 aliphatic carbocycles. The predicted molar refractivity (Wildman–Crippen MR) is 125 cm³/mol. The summed E-state index contributed by atoms with van der Waals surface area (Å²) in [6.07, 6.45) is 3.42. The van der Waals surface area contributed by atoms with Gasteiger partial charge in [0.15, 0.2) is 0 Å². The molecule has 4 N–H and O–H groups in total. The van der Waals surface area contributed by atoms with Crippen LogP contribution in [0.25, 0.3) is 10.4 Å². The second-order valence-electron chi connectivity index (χ2n) is 8.03.